The normalized spacial score (nSPS) is 12.6. The van der Waals surface area contributed by atoms with Crippen LogP contribution in [0.1, 0.15) is 24.4 Å². The number of aryl methyl sites for hydroxylation is 1. The van der Waals surface area contributed by atoms with Crippen LogP contribution in [0.25, 0.3) is 11.0 Å². The zero-order valence-electron chi connectivity index (χ0n) is 11.2. The lowest BCUT2D eigenvalue weighted by Gasteiger charge is -2.11. The summed E-state index contributed by atoms with van der Waals surface area (Å²) in [6.07, 6.45) is 1.54. The molecular formula is C15H14ClN3O. The fourth-order valence-electron chi connectivity index (χ4n) is 2.07. The predicted molar refractivity (Wildman–Crippen MR) is 80.0 cm³/mol. The second-order valence-electron chi connectivity index (χ2n) is 4.74. The van der Waals surface area contributed by atoms with Crippen LogP contribution in [0.5, 0.6) is 0 Å². The van der Waals surface area contributed by atoms with E-state index in [1.165, 1.54) is 0 Å². The van der Waals surface area contributed by atoms with Gasteiger partial charge in [-0.25, -0.2) is 9.97 Å². The Hall–Kier alpha value is -2.07. The van der Waals surface area contributed by atoms with Crippen molar-refractivity contribution in [2.45, 2.75) is 19.9 Å². The van der Waals surface area contributed by atoms with Gasteiger partial charge in [-0.15, -0.1) is 0 Å². The molecule has 1 unspecified atom stereocenters. The molecule has 0 spiro atoms. The Morgan fingerprint density at radius 1 is 1.20 bits per heavy atom. The smallest absolute Gasteiger partial charge is 0.134 e. The molecule has 1 N–H and O–H groups in total. The molecular weight excluding hydrogens is 274 g/mol. The average molecular weight is 288 g/mol. The fourth-order valence-corrected chi connectivity index (χ4v) is 2.26. The molecule has 0 saturated carbocycles. The third-order valence-electron chi connectivity index (χ3n) is 3.09. The number of aromatic nitrogens is 2. The van der Waals surface area contributed by atoms with Crippen LogP contribution in [-0.4, -0.2) is 9.97 Å². The molecule has 2 aromatic heterocycles. The summed E-state index contributed by atoms with van der Waals surface area (Å²) in [5.74, 6) is 1.63. The molecule has 1 atom stereocenters. The molecule has 0 aliphatic heterocycles. The molecule has 0 saturated heterocycles. The number of hydrogen-bond donors (Lipinski definition) is 1. The van der Waals surface area contributed by atoms with Crippen molar-refractivity contribution in [1.29, 1.82) is 0 Å². The Labute approximate surface area is 121 Å². The van der Waals surface area contributed by atoms with Gasteiger partial charge in [-0.2, -0.15) is 0 Å². The van der Waals surface area contributed by atoms with Gasteiger partial charge in [-0.05, 0) is 38.1 Å². The first kappa shape index (κ1) is 12.9. The first-order valence-corrected chi connectivity index (χ1v) is 6.74. The Morgan fingerprint density at radius 2 is 2.05 bits per heavy atom. The number of benzene rings is 1. The van der Waals surface area contributed by atoms with E-state index in [4.69, 9.17) is 16.0 Å². The van der Waals surface area contributed by atoms with Crippen molar-refractivity contribution in [2.75, 3.05) is 5.32 Å². The molecule has 102 valence electrons. The SMILES string of the molecule is Cc1cc(NC(C)c2cc3cc(Cl)ccc3o2)ncn1. The Kier molecular flexibility index (Phi) is 3.32. The summed E-state index contributed by atoms with van der Waals surface area (Å²) in [7, 11) is 0. The lowest BCUT2D eigenvalue weighted by Crippen LogP contribution is -2.07. The summed E-state index contributed by atoms with van der Waals surface area (Å²) in [5.41, 5.74) is 1.75. The van der Waals surface area contributed by atoms with E-state index in [1.54, 1.807) is 6.33 Å². The van der Waals surface area contributed by atoms with Crippen LogP contribution in [-0.2, 0) is 0 Å². The summed E-state index contributed by atoms with van der Waals surface area (Å²) < 4.78 is 5.82. The highest BCUT2D eigenvalue weighted by Gasteiger charge is 2.12. The topological polar surface area (TPSA) is 51.0 Å². The second kappa shape index (κ2) is 5.13. The van der Waals surface area contributed by atoms with Crippen molar-refractivity contribution in [2.24, 2.45) is 0 Å². The Balaban J connectivity index is 1.86. The van der Waals surface area contributed by atoms with Gasteiger partial charge >= 0.3 is 0 Å². The van der Waals surface area contributed by atoms with E-state index in [-0.39, 0.29) is 6.04 Å². The molecule has 0 aliphatic rings. The van der Waals surface area contributed by atoms with E-state index in [9.17, 15) is 0 Å². The summed E-state index contributed by atoms with van der Waals surface area (Å²) in [5, 5.41) is 5.00. The number of hydrogen-bond acceptors (Lipinski definition) is 4. The average Bonchev–Trinajstić information content (AvgIpc) is 2.81. The Morgan fingerprint density at radius 3 is 2.85 bits per heavy atom. The van der Waals surface area contributed by atoms with E-state index >= 15 is 0 Å². The molecule has 1 aromatic carbocycles. The third-order valence-corrected chi connectivity index (χ3v) is 3.33. The van der Waals surface area contributed by atoms with E-state index in [1.807, 2.05) is 44.2 Å². The van der Waals surface area contributed by atoms with Crippen LogP contribution >= 0.6 is 11.6 Å². The van der Waals surface area contributed by atoms with Crippen LogP contribution in [0.15, 0.2) is 41.1 Å². The number of nitrogens with one attached hydrogen (secondary N) is 1. The summed E-state index contributed by atoms with van der Waals surface area (Å²) >= 11 is 5.98. The highest BCUT2D eigenvalue weighted by atomic mass is 35.5. The number of fused-ring (bicyclic) bond motifs is 1. The van der Waals surface area contributed by atoms with Crippen molar-refractivity contribution >= 4 is 28.4 Å². The zero-order chi connectivity index (χ0) is 14.1. The number of furan rings is 1. The minimum atomic E-state index is 0.00970. The van der Waals surface area contributed by atoms with Gasteiger partial charge in [0.2, 0.25) is 0 Å². The van der Waals surface area contributed by atoms with E-state index < -0.39 is 0 Å². The van der Waals surface area contributed by atoms with Crippen LogP contribution in [0, 0.1) is 6.92 Å². The van der Waals surface area contributed by atoms with Gasteiger partial charge in [0.15, 0.2) is 0 Å². The lowest BCUT2D eigenvalue weighted by molar-refractivity contribution is 0.525. The van der Waals surface area contributed by atoms with Gasteiger partial charge in [0.05, 0.1) is 6.04 Å². The van der Waals surface area contributed by atoms with Crippen LogP contribution in [0.4, 0.5) is 5.82 Å². The van der Waals surface area contributed by atoms with Gasteiger partial charge in [-0.3, -0.25) is 0 Å². The van der Waals surface area contributed by atoms with Gasteiger partial charge in [0.1, 0.15) is 23.5 Å². The maximum atomic E-state index is 5.98. The summed E-state index contributed by atoms with van der Waals surface area (Å²) in [4.78, 5) is 8.26. The second-order valence-corrected chi connectivity index (χ2v) is 5.18. The fraction of sp³-hybridized carbons (Fsp3) is 0.200. The van der Waals surface area contributed by atoms with Gasteiger partial charge in [0, 0.05) is 22.2 Å². The summed E-state index contributed by atoms with van der Waals surface area (Å²) in [6.45, 7) is 3.96. The zero-order valence-corrected chi connectivity index (χ0v) is 12.0. The number of nitrogens with zero attached hydrogens (tertiary/aromatic N) is 2. The van der Waals surface area contributed by atoms with Gasteiger partial charge < -0.3 is 9.73 Å². The Bertz CT molecular complexity index is 754. The maximum absolute atomic E-state index is 5.98. The highest BCUT2D eigenvalue weighted by molar-refractivity contribution is 6.31. The van der Waals surface area contributed by atoms with Gasteiger partial charge in [-0.1, -0.05) is 11.6 Å². The first-order valence-electron chi connectivity index (χ1n) is 6.36. The van der Waals surface area contributed by atoms with Gasteiger partial charge in [0.25, 0.3) is 0 Å². The minimum Gasteiger partial charge on any atom is -0.459 e. The predicted octanol–water partition coefficient (Wildman–Crippen LogP) is 4.36. The molecule has 0 aliphatic carbocycles. The molecule has 5 heteroatoms. The van der Waals surface area contributed by atoms with E-state index in [2.05, 4.69) is 15.3 Å². The molecule has 2 heterocycles. The van der Waals surface area contributed by atoms with E-state index in [0.717, 1.165) is 28.2 Å². The molecule has 0 fully saturated rings. The lowest BCUT2D eigenvalue weighted by atomic mass is 10.2. The third kappa shape index (κ3) is 2.60. The largest absolute Gasteiger partial charge is 0.459 e. The van der Waals surface area contributed by atoms with Crippen molar-refractivity contribution in [3.8, 4) is 0 Å². The maximum Gasteiger partial charge on any atom is 0.134 e. The van der Waals surface area contributed by atoms with Crippen molar-refractivity contribution in [3.63, 3.8) is 0 Å². The van der Waals surface area contributed by atoms with E-state index in [0.29, 0.717) is 5.02 Å². The number of halogens is 1. The molecule has 4 nitrogen and oxygen atoms in total. The van der Waals surface area contributed by atoms with Crippen molar-refractivity contribution in [3.05, 3.63) is 53.1 Å². The number of anilines is 1. The molecule has 20 heavy (non-hydrogen) atoms. The molecule has 0 bridgehead atoms. The summed E-state index contributed by atoms with van der Waals surface area (Å²) in [6, 6.07) is 9.50. The molecule has 0 radical (unpaired) electrons. The van der Waals surface area contributed by atoms with Crippen LogP contribution in [0.2, 0.25) is 5.02 Å². The first-order chi connectivity index (χ1) is 9.61. The highest BCUT2D eigenvalue weighted by Crippen LogP contribution is 2.27. The number of rotatable bonds is 3. The molecule has 3 aromatic rings. The quantitative estimate of drug-likeness (QED) is 0.778. The molecule has 3 rings (SSSR count). The standard InChI is InChI=1S/C15H14ClN3O/c1-9-5-15(18-8-17-9)19-10(2)14-7-11-6-12(16)3-4-13(11)20-14/h3-8,10H,1-2H3,(H,17,18,19). The molecule has 0 amide bonds. The monoisotopic (exact) mass is 287 g/mol. The van der Waals surface area contributed by atoms with Crippen LogP contribution < -0.4 is 5.32 Å². The minimum absolute atomic E-state index is 0.00970. The van der Waals surface area contributed by atoms with Crippen molar-refractivity contribution in [1.82, 2.24) is 9.97 Å². The van der Waals surface area contributed by atoms with Crippen molar-refractivity contribution < 1.29 is 4.42 Å². The van der Waals surface area contributed by atoms with Crippen LogP contribution in [0.3, 0.4) is 0 Å².